The van der Waals surface area contributed by atoms with Crippen molar-refractivity contribution in [2.45, 2.75) is 77.0 Å². The summed E-state index contributed by atoms with van der Waals surface area (Å²) in [5, 5.41) is 28.5. The summed E-state index contributed by atoms with van der Waals surface area (Å²) < 4.78 is 12.3. The maximum absolute atomic E-state index is 15.2. The van der Waals surface area contributed by atoms with Crippen molar-refractivity contribution in [3.63, 3.8) is 0 Å². The maximum atomic E-state index is 15.2. The first kappa shape index (κ1) is 37.2. The van der Waals surface area contributed by atoms with Gasteiger partial charge in [0.2, 0.25) is 0 Å². The molecular weight excluding hydrogens is 721 g/mol. The smallest absolute Gasteiger partial charge is 0.322 e. The number of Topliss-reactive ketones (excluding diaryl/α,β-unsaturated/α-hetero) is 1. The number of carbonyl (C=O) groups is 2. The molecule has 56 heavy (non-hydrogen) atoms. The van der Waals surface area contributed by atoms with Crippen LogP contribution in [-0.2, 0) is 6.54 Å². The lowest BCUT2D eigenvalue weighted by Crippen LogP contribution is -2.67. The van der Waals surface area contributed by atoms with E-state index in [4.69, 9.17) is 9.47 Å². The van der Waals surface area contributed by atoms with Crippen LogP contribution >= 0.6 is 11.3 Å². The number of benzene rings is 3. The minimum Gasteiger partial charge on any atom is -0.497 e. The lowest BCUT2D eigenvalue weighted by Gasteiger charge is -2.71. The zero-order valence-electron chi connectivity index (χ0n) is 32.7. The zero-order valence-corrected chi connectivity index (χ0v) is 33.5. The van der Waals surface area contributed by atoms with E-state index < -0.39 is 27.9 Å². The van der Waals surface area contributed by atoms with Gasteiger partial charge in [-0.15, -0.1) is 11.3 Å². The highest BCUT2D eigenvalue weighted by Gasteiger charge is 2.74. The van der Waals surface area contributed by atoms with Crippen molar-refractivity contribution in [3.05, 3.63) is 113 Å². The van der Waals surface area contributed by atoms with Crippen molar-refractivity contribution >= 4 is 38.9 Å². The summed E-state index contributed by atoms with van der Waals surface area (Å²) in [5.41, 5.74) is -0.711. The molecule has 0 radical (unpaired) electrons. The van der Waals surface area contributed by atoms with E-state index in [0.717, 1.165) is 58.2 Å². The molecule has 0 aliphatic heterocycles. The van der Waals surface area contributed by atoms with Crippen molar-refractivity contribution in [1.29, 1.82) is 0 Å². The van der Waals surface area contributed by atoms with Gasteiger partial charge in [0, 0.05) is 43.8 Å². The van der Waals surface area contributed by atoms with E-state index in [9.17, 15) is 15.0 Å². The molecule has 2 amide bonds. The Balaban J connectivity index is 1.12. The van der Waals surface area contributed by atoms with E-state index in [1.165, 1.54) is 0 Å². The highest BCUT2D eigenvalue weighted by molar-refractivity contribution is 7.21. The molecule has 1 aromatic heterocycles. The Bertz CT molecular complexity index is 2240. The van der Waals surface area contributed by atoms with Gasteiger partial charge in [0.25, 0.3) is 0 Å². The largest absolute Gasteiger partial charge is 0.497 e. The second kappa shape index (κ2) is 13.3. The Labute approximate surface area is 333 Å². The van der Waals surface area contributed by atoms with Gasteiger partial charge in [-0.3, -0.25) is 4.79 Å². The lowest BCUT2D eigenvalue weighted by molar-refractivity contribution is -0.174. The number of ether oxygens (including phenoxy) is 2. The Morgan fingerprint density at radius 3 is 2.38 bits per heavy atom. The number of thiophene rings is 1. The maximum Gasteiger partial charge on any atom is 0.322 e. The SMILES string of the molecule is COc1ccc(CN(CC2(O)CCC3C45C=CC6(C=C4C(=O)c4cc7ccccc7s4)CC(O)CCC6(C)C5CCC32C)C(=O)Nc2ccccc2)c(OC)c1. The Hall–Kier alpha value is -4.44. The third-order valence-electron chi connectivity index (χ3n) is 15.2. The molecule has 4 aromatic rings. The Morgan fingerprint density at radius 2 is 1.61 bits per heavy atom. The molecular formula is C47H52N2O6S. The number of anilines is 1. The third-order valence-corrected chi connectivity index (χ3v) is 16.3. The second-order valence-electron chi connectivity index (χ2n) is 17.6. The molecule has 6 aliphatic rings. The number of fused-ring (bicyclic) bond motifs is 2. The standard InChI is InChI=1S/C47H52N2O6S/c1-43-19-16-33(50)26-45(43)22-23-47(35(27-45)41(51)38-24-30-10-8-9-13-37(30)56-38)39(43)17-20-44(2)40(47)18-21-46(44,53)29-49(42(52)48-32-11-6-5-7-12-32)28-31-14-15-34(54-3)25-36(31)55-4/h5-15,22-25,27,33,39-40,50,53H,16-21,26,28-29H2,1-4H3,(H,48,52). The molecule has 9 heteroatoms. The summed E-state index contributed by atoms with van der Waals surface area (Å²) in [4.78, 5) is 32.0. The first-order valence-electron chi connectivity index (χ1n) is 20.1. The number of nitrogens with zero attached hydrogens (tertiary/aromatic N) is 1. The number of urea groups is 1. The molecule has 1 heterocycles. The molecule has 8 unspecified atom stereocenters. The van der Waals surface area contributed by atoms with Crippen LogP contribution in [0.1, 0.15) is 74.0 Å². The van der Waals surface area contributed by atoms with Crippen molar-refractivity contribution in [2.24, 2.45) is 33.5 Å². The number of para-hydroxylation sites is 1. The second-order valence-corrected chi connectivity index (χ2v) is 18.7. The van der Waals surface area contributed by atoms with Gasteiger partial charge in [-0.25, -0.2) is 4.79 Å². The Morgan fingerprint density at radius 1 is 0.875 bits per heavy atom. The molecule has 10 rings (SSSR count). The van der Waals surface area contributed by atoms with E-state index in [1.807, 2.05) is 66.7 Å². The van der Waals surface area contributed by atoms with Crippen LogP contribution in [0, 0.1) is 33.5 Å². The predicted octanol–water partition coefficient (Wildman–Crippen LogP) is 9.43. The molecule has 8 nitrogen and oxygen atoms in total. The molecule has 8 atom stereocenters. The van der Waals surface area contributed by atoms with E-state index in [0.29, 0.717) is 30.0 Å². The molecule has 292 valence electrons. The number of carbonyl (C=O) groups excluding carboxylic acids is 2. The van der Waals surface area contributed by atoms with Gasteiger partial charge in [0.15, 0.2) is 5.78 Å². The highest BCUT2D eigenvalue weighted by atomic mass is 32.1. The van der Waals surface area contributed by atoms with Gasteiger partial charge in [-0.2, -0.15) is 0 Å². The van der Waals surface area contributed by atoms with Crippen LogP contribution in [0.3, 0.4) is 0 Å². The normalized spacial score (nSPS) is 33.9. The van der Waals surface area contributed by atoms with Crippen LogP contribution in [0.15, 0.2) is 103 Å². The van der Waals surface area contributed by atoms with Crippen LogP contribution < -0.4 is 14.8 Å². The molecule has 2 spiro atoms. The number of allylic oxidation sites excluding steroid dienone is 4. The van der Waals surface area contributed by atoms with E-state index in [1.54, 1.807) is 30.5 Å². The molecule has 6 aliphatic carbocycles. The average molecular weight is 773 g/mol. The Kier molecular flexibility index (Phi) is 8.84. The number of aliphatic hydroxyl groups excluding tert-OH is 1. The minimum absolute atomic E-state index is 0.0453. The summed E-state index contributed by atoms with van der Waals surface area (Å²) >= 11 is 1.55. The minimum atomic E-state index is -1.25. The van der Waals surface area contributed by atoms with Gasteiger partial charge in [0.1, 0.15) is 11.5 Å². The summed E-state index contributed by atoms with van der Waals surface area (Å²) in [6, 6.07) is 24.9. The van der Waals surface area contributed by atoms with Crippen molar-refractivity contribution in [2.75, 3.05) is 26.1 Å². The molecule has 3 saturated carbocycles. The number of amides is 2. The number of methoxy groups -OCH3 is 2. The van der Waals surface area contributed by atoms with Crippen molar-refractivity contribution in [1.82, 2.24) is 4.90 Å². The van der Waals surface area contributed by atoms with Crippen LogP contribution in [0.4, 0.5) is 10.5 Å². The topological polar surface area (TPSA) is 108 Å². The van der Waals surface area contributed by atoms with Gasteiger partial charge in [-0.1, -0.05) is 68.5 Å². The van der Waals surface area contributed by atoms with E-state index >= 15 is 4.79 Å². The van der Waals surface area contributed by atoms with Crippen LogP contribution in [0.5, 0.6) is 11.5 Å². The number of ketones is 1. The van der Waals surface area contributed by atoms with Crippen LogP contribution in [0.2, 0.25) is 0 Å². The molecule has 0 saturated heterocycles. The zero-order chi connectivity index (χ0) is 39.1. The quantitative estimate of drug-likeness (QED) is 0.116. The number of hydrogen-bond donors (Lipinski definition) is 3. The molecule has 3 fully saturated rings. The summed E-state index contributed by atoms with van der Waals surface area (Å²) in [7, 11) is 3.22. The van der Waals surface area contributed by atoms with E-state index in [-0.39, 0.29) is 42.2 Å². The van der Waals surface area contributed by atoms with Gasteiger partial charge < -0.3 is 29.9 Å². The van der Waals surface area contributed by atoms with Crippen molar-refractivity contribution < 1.29 is 29.3 Å². The fourth-order valence-corrected chi connectivity index (χ4v) is 13.3. The third kappa shape index (κ3) is 5.37. The molecule has 2 bridgehead atoms. The molecule has 3 aromatic carbocycles. The van der Waals surface area contributed by atoms with Crippen LogP contribution in [-0.4, -0.2) is 59.4 Å². The van der Waals surface area contributed by atoms with Crippen molar-refractivity contribution in [3.8, 4) is 11.5 Å². The summed E-state index contributed by atoms with van der Waals surface area (Å²) in [6.45, 7) is 4.94. The highest BCUT2D eigenvalue weighted by Crippen LogP contribution is 2.78. The monoisotopic (exact) mass is 772 g/mol. The first-order valence-corrected chi connectivity index (χ1v) is 20.9. The number of aliphatic hydroxyl groups is 2. The predicted molar refractivity (Wildman–Crippen MR) is 220 cm³/mol. The summed E-state index contributed by atoms with van der Waals surface area (Å²) in [5.74, 6) is 1.45. The number of rotatable bonds is 9. The molecule has 3 N–H and O–H groups in total. The van der Waals surface area contributed by atoms with E-state index in [2.05, 4.69) is 49.5 Å². The van der Waals surface area contributed by atoms with Crippen LogP contribution in [0.25, 0.3) is 10.1 Å². The van der Waals surface area contributed by atoms with Gasteiger partial charge in [0.05, 0.1) is 43.9 Å². The van der Waals surface area contributed by atoms with Gasteiger partial charge >= 0.3 is 6.03 Å². The fraction of sp³-hybridized carbons (Fsp3) is 0.447. The first-order chi connectivity index (χ1) is 26.9. The lowest BCUT2D eigenvalue weighted by atomic mass is 9.32. The van der Waals surface area contributed by atoms with Gasteiger partial charge in [-0.05, 0) is 104 Å². The average Bonchev–Trinajstić information content (AvgIpc) is 3.76. The fourth-order valence-electron chi connectivity index (χ4n) is 12.3. The summed E-state index contributed by atoms with van der Waals surface area (Å²) in [6.07, 6.45) is 11.6. The number of hydrogen-bond acceptors (Lipinski definition) is 7. The number of nitrogens with one attached hydrogen (secondary N) is 1.